The molecular weight excluding hydrogens is 490 g/mol. The minimum atomic E-state index is -0.752. The summed E-state index contributed by atoms with van der Waals surface area (Å²) < 4.78 is 10.9. The van der Waals surface area contributed by atoms with E-state index in [1.807, 2.05) is 54.6 Å². The highest BCUT2D eigenvalue weighted by Gasteiger charge is 2.24. The van der Waals surface area contributed by atoms with Crippen molar-refractivity contribution in [1.29, 1.82) is 0 Å². The first-order valence-corrected chi connectivity index (χ1v) is 11.3. The normalized spacial score (nSPS) is 13.6. The maximum Gasteiger partial charge on any atom is 0.363 e. The molecule has 0 aromatic heterocycles. The summed E-state index contributed by atoms with van der Waals surface area (Å²) in [5.41, 5.74) is 2.55. The van der Waals surface area contributed by atoms with E-state index in [-0.39, 0.29) is 23.1 Å². The Morgan fingerprint density at radius 2 is 1.42 bits per heavy atom. The topological polar surface area (TPSA) is 134 Å². The van der Waals surface area contributed by atoms with Crippen LogP contribution in [0.3, 0.4) is 0 Å². The number of nitrogens with zero attached hydrogens (tertiary/aromatic N) is 3. The molecule has 0 radical (unpaired) electrons. The monoisotopic (exact) mass is 507 g/mol. The van der Waals surface area contributed by atoms with Gasteiger partial charge in [-0.3, -0.25) is 20.2 Å². The van der Waals surface area contributed by atoms with Crippen LogP contribution in [0, 0.1) is 20.2 Å². The second-order valence-corrected chi connectivity index (χ2v) is 8.12. The van der Waals surface area contributed by atoms with E-state index in [0.29, 0.717) is 11.1 Å². The third-order valence-corrected chi connectivity index (χ3v) is 5.62. The number of nitro groups is 2. The van der Waals surface area contributed by atoms with Crippen LogP contribution in [-0.4, -0.2) is 21.7 Å². The molecule has 1 aliphatic heterocycles. The van der Waals surface area contributed by atoms with Gasteiger partial charge in [-0.1, -0.05) is 54.6 Å². The molecule has 0 saturated carbocycles. The van der Waals surface area contributed by atoms with Crippen molar-refractivity contribution < 1.29 is 24.1 Å². The van der Waals surface area contributed by atoms with Crippen LogP contribution in [0.4, 0.5) is 11.4 Å². The number of aliphatic imine (C=N–C) groups is 1. The number of esters is 1. The predicted octanol–water partition coefficient (Wildman–Crippen LogP) is 6.31. The molecule has 0 N–H and O–H groups in total. The van der Waals surface area contributed by atoms with E-state index in [0.717, 1.165) is 23.3 Å². The zero-order chi connectivity index (χ0) is 26.6. The van der Waals surface area contributed by atoms with Crippen LogP contribution in [0.1, 0.15) is 11.1 Å². The molecule has 38 heavy (non-hydrogen) atoms. The zero-order valence-corrected chi connectivity index (χ0v) is 19.5. The fourth-order valence-electron chi connectivity index (χ4n) is 3.73. The number of non-ortho nitro benzene ring substituents is 1. The SMILES string of the molecule is O=C1OC(c2ccc(-c3ccccc3)cc2)=N/C1=C\c1ccc(Oc2ccc([N+](=O)[O-])cc2[N+](=O)[O-])cc1. The minimum Gasteiger partial charge on any atom is -0.450 e. The Kier molecular flexibility index (Phi) is 6.43. The summed E-state index contributed by atoms with van der Waals surface area (Å²) in [6, 6.07) is 26.9. The summed E-state index contributed by atoms with van der Waals surface area (Å²) in [4.78, 5) is 37.5. The van der Waals surface area contributed by atoms with E-state index >= 15 is 0 Å². The van der Waals surface area contributed by atoms with Crippen molar-refractivity contribution in [2.75, 3.05) is 0 Å². The maximum atomic E-state index is 12.4. The highest BCUT2D eigenvalue weighted by atomic mass is 16.6. The van der Waals surface area contributed by atoms with Gasteiger partial charge in [0.2, 0.25) is 11.6 Å². The second kappa shape index (κ2) is 10.2. The van der Waals surface area contributed by atoms with Gasteiger partial charge in [0.05, 0.1) is 15.9 Å². The zero-order valence-electron chi connectivity index (χ0n) is 19.5. The van der Waals surface area contributed by atoms with E-state index in [1.165, 1.54) is 6.07 Å². The predicted molar refractivity (Wildman–Crippen MR) is 139 cm³/mol. The van der Waals surface area contributed by atoms with Crippen molar-refractivity contribution in [3.63, 3.8) is 0 Å². The quantitative estimate of drug-likeness (QED) is 0.124. The highest BCUT2D eigenvalue weighted by molar-refractivity contribution is 6.13. The molecule has 0 spiro atoms. The Bertz CT molecular complexity index is 1610. The van der Waals surface area contributed by atoms with E-state index in [2.05, 4.69) is 4.99 Å². The van der Waals surface area contributed by atoms with Crippen LogP contribution in [0.5, 0.6) is 11.5 Å². The molecule has 4 aromatic rings. The van der Waals surface area contributed by atoms with Gasteiger partial charge in [0.25, 0.3) is 5.69 Å². The van der Waals surface area contributed by atoms with Crippen LogP contribution >= 0.6 is 0 Å². The van der Waals surface area contributed by atoms with E-state index < -0.39 is 27.2 Å². The molecule has 5 rings (SSSR count). The number of hydrogen-bond donors (Lipinski definition) is 0. The lowest BCUT2D eigenvalue weighted by Crippen LogP contribution is -2.05. The average molecular weight is 507 g/mol. The third kappa shape index (κ3) is 5.14. The molecule has 0 saturated heterocycles. The lowest BCUT2D eigenvalue weighted by Gasteiger charge is -2.06. The van der Waals surface area contributed by atoms with Crippen LogP contribution in [-0.2, 0) is 9.53 Å². The number of ether oxygens (including phenoxy) is 2. The Morgan fingerprint density at radius 3 is 2.08 bits per heavy atom. The highest BCUT2D eigenvalue weighted by Crippen LogP contribution is 2.34. The van der Waals surface area contributed by atoms with Gasteiger partial charge in [-0.25, -0.2) is 9.79 Å². The average Bonchev–Trinajstić information content (AvgIpc) is 3.30. The lowest BCUT2D eigenvalue weighted by molar-refractivity contribution is -0.394. The van der Waals surface area contributed by atoms with Crippen LogP contribution in [0.2, 0.25) is 0 Å². The van der Waals surface area contributed by atoms with E-state index in [4.69, 9.17) is 9.47 Å². The van der Waals surface area contributed by atoms with Crippen molar-refractivity contribution in [3.05, 3.63) is 134 Å². The Balaban J connectivity index is 1.32. The van der Waals surface area contributed by atoms with Crippen molar-refractivity contribution in [2.24, 2.45) is 4.99 Å². The smallest absolute Gasteiger partial charge is 0.363 e. The molecule has 10 heteroatoms. The van der Waals surface area contributed by atoms with Crippen molar-refractivity contribution in [1.82, 2.24) is 0 Å². The first kappa shape index (κ1) is 24.1. The maximum absolute atomic E-state index is 12.4. The first-order valence-electron chi connectivity index (χ1n) is 11.3. The summed E-state index contributed by atoms with van der Waals surface area (Å²) >= 11 is 0. The molecule has 1 heterocycles. The summed E-state index contributed by atoms with van der Waals surface area (Å²) in [5, 5.41) is 22.2. The summed E-state index contributed by atoms with van der Waals surface area (Å²) in [6.45, 7) is 0. The van der Waals surface area contributed by atoms with Gasteiger partial charge >= 0.3 is 11.7 Å². The first-order chi connectivity index (χ1) is 18.4. The Morgan fingerprint density at radius 1 is 0.763 bits per heavy atom. The third-order valence-electron chi connectivity index (χ3n) is 5.62. The molecule has 0 aliphatic carbocycles. The van der Waals surface area contributed by atoms with E-state index in [9.17, 15) is 25.0 Å². The Hall–Kier alpha value is -5.64. The summed E-state index contributed by atoms with van der Waals surface area (Å²) in [7, 11) is 0. The minimum absolute atomic E-state index is 0.117. The van der Waals surface area contributed by atoms with Gasteiger partial charge < -0.3 is 9.47 Å². The number of benzene rings is 4. The van der Waals surface area contributed by atoms with Crippen molar-refractivity contribution in [3.8, 4) is 22.6 Å². The van der Waals surface area contributed by atoms with Crippen LogP contribution in [0.25, 0.3) is 17.2 Å². The van der Waals surface area contributed by atoms with E-state index in [1.54, 1.807) is 30.3 Å². The number of hydrogen-bond acceptors (Lipinski definition) is 8. The number of rotatable bonds is 7. The van der Waals surface area contributed by atoms with Crippen LogP contribution in [0.15, 0.2) is 108 Å². The lowest BCUT2D eigenvalue weighted by atomic mass is 10.0. The molecule has 186 valence electrons. The number of carbonyl (C=O) groups excluding carboxylic acids is 1. The standard InChI is InChI=1S/C28H17N3O7/c32-28-24(29-27(38-28)21-10-8-20(9-11-21)19-4-2-1-3-5-19)16-18-6-13-23(14-7-18)37-26-15-12-22(30(33)34)17-25(26)31(35)36/h1-17H/b24-16-. The van der Waals surface area contributed by atoms with Crippen LogP contribution < -0.4 is 4.74 Å². The van der Waals surface area contributed by atoms with Gasteiger partial charge in [0, 0.05) is 11.6 Å². The van der Waals surface area contributed by atoms with Gasteiger partial charge in [-0.2, -0.15) is 0 Å². The van der Waals surface area contributed by atoms with Gasteiger partial charge in [0.15, 0.2) is 5.70 Å². The summed E-state index contributed by atoms with van der Waals surface area (Å²) in [5.74, 6) is -0.264. The number of cyclic esters (lactones) is 1. The molecule has 10 nitrogen and oxygen atoms in total. The fourth-order valence-corrected chi connectivity index (χ4v) is 3.73. The molecular formula is C28H17N3O7. The summed E-state index contributed by atoms with van der Waals surface area (Å²) in [6.07, 6.45) is 1.55. The molecule has 0 fully saturated rings. The van der Waals surface area contributed by atoms with Crippen molar-refractivity contribution >= 4 is 29.3 Å². The van der Waals surface area contributed by atoms with Gasteiger partial charge in [-0.15, -0.1) is 0 Å². The number of carbonyl (C=O) groups is 1. The Labute approximate surface area is 215 Å². The molecule has 4 aromatic carbocycles. The van der Waals surface area contributed by atoms with Gasteiger partial charge in [-0.05, 0) is 53.1 Å². The fraction of sp³-hybridized carbons (Fsp3) is 0. The van der Waals surface area contributed by atoms with Crippen molar-refractivity contribution in [2.45, 2.75) is 0 Å². The molecule has 1 aliphatic rings. The molecule has 0 unspecified atom stereocenters. The molecule has 0 amide bonds. The van der Waals surface area contributed by atoms with Gasteiger partial charge in [0.1, 0.15) is 5.75 Å². The largest absolute Gasteiger partial charge is 0.450 e. The second-order valence-electron chi connectivity index (χ2n) is 8.12. The molecule has 0 atom stereocenters. The number of nitro benzene ring substituents is 2. The molecule has 0 bridgehead atoms.